The highest BCUT2D eigenvalue weighted by atomic mass is 16.5. The molecule has 1 heterocycles. The molecule has 1 aromatic rings. The lowest BCUT2D eigenvalue weighted by Crippen LogP contribution is -2.17. The largest absolute Gasteiger partial charge is 0.464 e. The molecule has 5 heteroatoms. The van der Waals surface area contributed by atoms with Crippen molar-refractivity contribution in [1.82, 2.24) is 10.2 Å². The second-order valence-electron chi connectivity index (χ2n) is 2.77. The zero-order valence-corrected chi connectivity index (χ0v) is 7.96. The number of carbonyl (C=O) groups excluding carboxylic acids is 1. The summed E-state index contributed by atoms with van der Waals surface area (Å²) in [5, 5.41) is 5.74. The third-order valence-electron chi connectivity index (χ3n) is 1.66. The number of aromatic amines is 1. The second kappa shape index (κ2) is 3.87. The van der Waals surface area contributed by atoms with Crippen molar-refractivity contribution in [3.63, 3.8) is 0 Å². The van der Waals surface area contributed by atoms with E-state index in [0.29, 0.717) is 11.1 Å². The lowest BCUT2D eigenvalue weighted by molar-refractivity contribution is 0.0592. The molecule has 0 bridgehead atoms. The van der Waals surface area contributed by atoms with Crippen LogP contribution in [0.1, 0.15) is 23.0 Å². The van der Waals surface area contributed by atoms with Crippen molar-refractivity contribution in [2.45, 2.75) is 6.92 Å². The molecule has 0 saturated heterocycles. The lowest BCUT2D eigenvalue weighted by Gasteiger charge is -2.00. The Balaban J connectivity index is 3.26. The van der Waals surface area contributed by atoms with E-state index in [0.717, 1.165) is 0 Å². The topological polar surface area (TPSA) is 72.0 Å². The van der Waals surface area contributed by atoms with Crippen LogP contribution < -0.4 is 5.56 Å². The zero-order chi connectivity index (χ0) is 10.7. The number of nitrogens with one attached hydrogen (secondary N) is 1. The minimum absolute atomic E-state index is 0.0603. The maximum Gasteiger partial charge on any atom is 0.358 e. The van der Waals surface area contributed by atoms with Gasteiger partial charge in [0.15, 0.2) is 5.69 Å². The van der Waals surface area contributed by atoms with E-state index in [4.69, 9.17) is 0 Å². The van der Waals surface area contributed by atoms with Gasteiger partial charge in [-0.25, -0.2) is 9.89 Å². The molecule has 0 aromatic carbocycles. The first-order valence-electron chi connectivity index (χ1n) is 3.90. The van der Waals surface area contributed by atoms with Crippen LogP contribution in [0.25, 0.3) is 5.57 Å². The van der Waals surface area contributed by atoms with Crippen molar-refractivity contribution in [1.29, 1.82) is 0 Å². The van der Waals surface area contributed by atoms with E-state index in [1.807, 2.05) is 0 Å². The van der Waals surface area contributed by atoms with Crippen molar-refractivity contribution in [3.05, 3.63) is 34.3 Å². The van der Waals surface area contributed by atoms with Gasteiger partial charge in [0.05, 0.1) is 7.11 Å². The average Bonchev–Trinajstić information content (AvgIpc) is 2.17. The van der Waals surface area contributed by atoms with Crippen LogP contribution in [0.5, 0.6) is 0 Å². The summed E-state index contributed by atoms with van der Waals surface area (Å²) in [6, 6.07) is 1.35. The van der Waals surface area contributed by atoms with E-state index >= 15 is 0 Å². The summed E-state index contributed by atoms with van der Waals surface area (Å²) in [5.41, 5.74) is 0.592. The van der Waals surface area contributed by atoms with Crippen LogP contribution >= 0.6 is 0 Å². The molecular formula is C9H10N2O3. The van der Waals surface area contributed by atoms with Gasteiger partial charge >= 0.3 is 5.97 Å². The predicted molar refractivity (Wildman–Crippen MR) is 50.9 cm³/mol. The van der Waals surface area contributed by atoms with Crippen molar-refractivity contribution in [2.24, 2.45) is 0 Å². The van der Waals surface area contributed by atoms with E-state index < -0.39 is 5.97 Å². The fourth-order valence-corrected chi connectivity index (χ4v) is 0.932. The highest BCUT2D eigenvalue weighted by Crippen LogP contribution is 2.06. The Labute approximate surface area is 80.4 Å². The maximum atomic E-state index is 11.2. The second-order valence-corrected chi connectivity index (χ2v) is 2.77. The van der Waals surface area contributed by atoms with Crippen LogP contribution in [0.4, 0.5) is 0 Å². The van der Waals surface area contributed by atoms with Crippen molar-refractivity contribution in [3.8, 4) is 0 Å². The number of hydrogen-bond donors (Lipinski definition) is 1. The monoisotopic (exact) mass is 194 g/mol. The highest BCUT2D eigenvalue weighted by molar-refractivity contribution is 5.87. The van der Waals surface area contributed by atoms with Gasteiger partial charge in [-0.05, 0) is 18.6 Å². The van der Waals surface area contributed by atoms with E-state index in [2.05, 4.69) is 21.5 Å². The Kier molecular flexibility index (Phi) is 2.81. The van der Waals surface area contributed by atoms with Gasteiger partial charge in [0.2, 0.25) is 0 Å². The molecule has 0 atom stereocenters. The van der Waals surface area contributed by atoms with Crippen LogP contribution in [0, 0.1) is 0 Å². The van der Waals surface area contributed by atoms with Crippen LogP contribution in [0.15, 0.2) is 17.4 Å². The van der Waals surface area contributed by atoms with Gasteiger partial charge in [-0.3, -0.25) is 4.79 Å². The van der Waals surface area contributed by atoms with E-state index in [1.54, 1.807) is 6.92 Å². The molecule has 74 valence electrons. The molecule has 1 aromatic heterocycles. The number of allylic oxidation sites excluding steroid dienone is 1. The van der Waals surface area contributed by atoms with Gasteiger partial charge in [0.25, 0.3) is 5.56 Å². The van der Waals surface area contributed by atoms with Gasteiger partial charge in [-0.1, -0.05) is 6.58 Å². The summed E-state index contributed by atoms with van der Waals surface area (Å²) < 4.78 is 4.46. The number of rotatable bonds is 2. The summed E-state index contributed by atoms with van der Waals surface area (Å²) in [6.45, 7) is 5.28. The Morgan fingerprint density at radius 2 is 2.29 bits per heavy atom. The fraction of sp³-hybridized carbons (Fsp3) is 0.222. The molecular weight excluding hydrogens is 184 g/mol. The van der Waals surface area contributed by atoms with E-state index in [-0.39, 0.29) is 11.3 Å². The van der Waals surface area contributed by atoms with Crippen molar-refractivity contribution in [2.75, 3.05) is 7.11 Å². The Hall–Kier alpha value is -1.91. The fourth-order valence-electron chi connectivity index (χ4n) is 0.932. The first-order chi connectivity index (χ1) is 6.56. The highest BCUT2D eigenvalue weighted by Gasteiger charge is 2.10. The molecule has 5 nitrogen and oxygen atoms in total. The van der Waals surface area contributed by atoms with Crippen LogP contribution in [-0.4, -0.2) is 23.3 Å². The number of hydrogen-bond acceptors (Lipinski definition) is 4. The minimum Gasteiger partial charge on any atom is -0.464 e. The predicted octanol–water partition coefficient (Wildman–Crippen LogP) is 0.590. The third kappa shape index (κ3) is 1.87. The standard InChI is InChI=1S/C9H10N2O3/c1-5(2)6-4-7(9(13)14-3)10-11-8(6)12/h4H,1H2,2-3H3,(H,11,12). The van der Waals surface area contributed by atoms with Gasteiger partial charge in [-0.2, -0.15) is 5.10 Å². The molecule has 0 spiro atoms. The lowest BCUT2D eigenvalue weighted by atomic mass is 10.1. The zero-order valence-electron chi connectivity index (χ0n) is 7.96. The summed E-state index contributed by atoms with van der Waals surface area (Å²) >= 11 is 0. The van der Waals surface area contributed by atoms with Crippen LogP contribution in [-0.2, 0) is 4.74 Å². The molecule has 0 fully saturated rings. The number of esters is 1. The molecule has 0 saturated carbocycles. The number of carbonyl (C=O) groups is 1. The average molecular weight is 194 g/mol. The molecule has 1 rings (SSSR count). The molecule has 0 unspecified atom stereocenters. The smallest absolute Gasteiger partial charge is 0.358 e. The van der Waals surface area contributed by atoms with Gasteiger partial charge < -0.3 is 4.74 Å². The van der Waals surface area contributed by atoms with Gasteiger partial charge in [-0.15, -0.1) is 0 Å². The van der Waals surface area contributed by atoms with Crippen LogP contribution in [0.3, 0.4) is 0 Å². The molecule has 0 aliphatic heterocycles. The number of methoxy groups -OCH3 is 1. The van der Waals surface area contributed by atoms with E-state index in [9.17, 15) is 9.59 Å². The third-order valence-corrected chi connectivity index (χ3v) is 1.66. The minimum atomic E-state index is -0.594. The quantitative estimate of drug-likeness (QED) is 0.699. The van der Waals surface area contributed by atoms with Gasteiger partial charge in [0, 0.05) is 5.56 Å². The first-order valence-corrected chi connectivity index (χ1v) is 3.90. The maximum absolute atomic E-state index is 11.2. The molecule has 0 amide bonds. The van der Waals surface area contributed by atoms with E-state index in [1.165, 1.54) is 13.2 Å². The molecule has 0 radical (unpaired) electrons. The summed E-state index contributed by atoms with van der Waals surface area (Å²) in [6.07, 6.45) is 0. The summed E-state index contributed by atoms with van der Waals surface area (Å²) in [4.78, 5) is 22.3. The van der Waals surface area contributed by atoms with Crippen LogP contribution in [0.2, 0.25) is 0 Å². The number of ether oxygens (including phenoxy) is 1. The summed E-state index contributed by atoms with van der Waals surface area (Å²) in [7, 11) is 1.25. The van der Waals surface area contributed by atoms with Crippen molar-refractivity contribution < 1.29 is 9.53 Å². The Morgan fingerprint density at radius 1 is 1.64 bits per heavy atom. The number of aromatic nitrogens is 2. The number of nitrogens with zero attached hydrogens (tertiary/aromatic N) is 1. The first kappa shape index (κ1) is 10.2. The Morgan fingerprint density at radius 3 is 2.79 bits per heavy atom. The van der Waals surface area contributed by atoms with Crippen molar-refractivity contribution >= 4 is 11.5 Å². The molecule has 14 heavy (non-hydrogen) atoms. The summed E-state index contributed by atoms with van der Waals surface area (Å²) in [5.74, 6) is -0.594. The SMILES string of the molecule is C=C(C)c1cc(C(=O)OC)n[nH]c1=O. The normalized spacial score (nSPS) is 9.57. The molecule has 0 aliphatic rings. The Bertz CT molecular complexity index is 434. The number of H-pyrrole nitrogens is 1. The molecule has 0 aliphatic carbocycles. The molecule has 1 N–H and O–H groups in total. The van der Waals surface area contributed by atoms with Gasteiger partial charge in [0.1, 0.15) is 0 Å².